The molecule has 0 bridgehead atoms. The lowest BCUT2D eigenvalue weighted by atomic mass is 10.00. The lowest BCUT2D eigenvalue weighted by molar-refractivity contribution is -0.132. The minimum absolute atomic E-state index is 0.352. The summed E-state index contributed by atoms with van der Waals surface area (Å²) in [4.78, 5) is 12.5. The summed E-state index contributed by atoms with van der Waals surface area (Å²) in [5, 5.41) is 43.6. The third kappa shape index (κ3) is 35.7. The second-order valence-corrected chi connectivity index (χ2v) is 15.4. The van der Waals surface area contributed by atoms with E-state index >= 15 is 0 Å². The predicted octanol–water partition coefficient (Wildman–Crippen LogP) is 11.9. The fourth-order valence-electron chi connectivity index (χ4n) is 6.63. The number of carbonyl (C=O) groups is 1. The summed E-state index contributed by atoms with van der Waals surface area (Å²) in [5.74, 6) is -0.604. The molecule has 0 spiro atoms. The Morgan fingerprint density at radius 1 is 0.472 bits per heavy atom. The fraction of sp³-hybridized carbons (Fsp3) is 0.809. The molecule has 0 aliphatic heterocycles. The van der Waals surface area contributed by atoms with E-state index in [0.717, 1.165) is 57.8 Å². The monoisotopic (exact) mass is 746 g/mol. The van der Waals surface area contributed by atoms with Gasteiger partial charge in [0.05, 0.1) is 18.8 Å². The first-order valence-corrected chi connectivity index (χ1v) is 22.5. The van der Waals surface area contributed by atoms with Crippen molar-refractivity contribution in [3.63, 3.8) is 0 Å². The van der Waals surface area contributed by atoms with Crippen molar-refractivity contribution in [2.24, 2.45) is 0 Å². The van der Waals surface area contributed by atoms with Crippen molar-refractivity contribution in [1.82, 2.24) is 5.32 Å². The molecule has 0 aromatic heterocycles. The Morgan fingerprint density at radius 2 is 0.849 bits per heavy atom. The largest absolute Gasteiger partial charge is 0.394 e. The minimum atomic E-state index is -1.29. The fourth-order valence-corrected chi connectivity index (χ4v) is 6.63. The topological polar surface area (TPSA) is 110 Å². The molecule has 0 aromatic carbocycles. The SMILES string of the molecule is CCCCCC/C=C/CC/C=C/CCCC(O)C(O)C(CO)NC(=O)C(O)CCCCCCCCCC/C=C\C/C=C\CCCCCCCCCCC. The van der Waals surface area contributed by atoms with Gasteiger partial charge in [-0.1, -0.05) is 178 Å². The van der Waals surface area contributed by atoms with Crippen LogP contribution in [0, 0.1) is 0 Å². The maximum Gasteiger partial charge on any atom is 0.249 e. The van der Waals surface area contributed by atoms with Crippen LogP contribution < -0.4 is 5.32 Å². The number of allylic oxidation sites excluding steroid dienone is 8. The molecule has 4 unspecified atom stereocenters. The third-order valence-electron chi connectivity index (χ3n) is 10.2. The van der Waals surface area contributed by atoms with E-state index in [1.165, 1.54) is 122 Å². The second kappa shape index (κ2) is 41.4. The van der Waals surface area contributed by atoms with E-state index < -0.39 is 36.9 Å². The lowest BCUT2D eigenvalue weighted by Crippen LogP contribution is -2.53. The van der Waals surface area contributed by atoms with Crippen LogP contribution >= 0.6 is 0 Å². The average molecular weight is 746 g/mol. The Balaban J connectivity index is 3.77. The first-order chi connectivity index (χ1) is 26.0. The summed E-state index contributed by atoms with van der Waals surface area (Å²) < 4.78 is 0. The van der Waals surface area contributed by atoms with E-state index in [1.54, 1.807) is 0 Å². The van der Waals surface area contributed by atoms with Crippen LogP contribution in [-0.4, -0.2) is 57.3 Å². The zero-order chi connectivity index (χ0) is 38.9. The van der Waals surface area contributed by atoms with Crippen LogP contribution in [0.5, 0.6) is 0 Å². The first kappa shape index (κ1) is 51.3. The molecule has 6 heteroatoms. The van der Waals surface area contributed by atoms with Gasteiger partial charge in [-0.3, -0.25) is 4.79 Å². The van der Waals surface area contributed by atoms with Gasteiger partial charge in [-0.25, -0.2) is 0 Å². The van der Waals surface area contributed by atoms with Crippen molar-refractivity contribution in [2.75, 3.05) is 6.61 Å². The Bertz CT molecular complexity index is 884. The number of aliphatic hydroxyl groups excluding tert-OH is 4. The van der Waals surface area contributed by atoms with Gasteiger partial charge in [0.25, 0.3) is 0 Å². The molecule has 0 radical (unpaired) electrons. The molecule has 5 N–H and O–H groups in total. The van der Waals surface area contributed by atoms with Gasteiger partial charge in [-0.15, -0.1) is 0 Å². The van der Waals surface area contributed by atoms with Crippen molar-refractivity contribution in [2.45, 2.75) is 237 Å². The molecule has 6 nitrogen and oxygen atoms in total. The zero-order valence-electron chi connectivity index (χ0n) is 34.8. The molecule has 0 heterocycles. The minimum Gasteiger partial charge on any atom is -0.394 e. The number of hydrogen-bond donors (Lipinski definition) is 5. The van der Waals surface area contributed by atoms with Crippen molar-refractivity contribution in [1.29, 1.82) is 0 Å². The van der Waals surface area contributed by atoms with Crippen molar-refractivity contribution >= 4 is 5.91 Å². The van der Waals surface area contributed by atoms with Crippen molar-refractivity contribution in [3.8, 4) is 0 Å². The smallest absolute Gasteiger partial charge is 0.249 e. The van der Waals surface area contributed by atoms with Crippen molar-refractivity contribution < 1.29 is 25.2 Å². The number of rotatable bonds is 40. The third-order valence-corrected chi connectivity index (χ3v) is 10.2. The van der Waals surface area contributed by atoms with E-state index in [9.17, 15) is 25.2 Å². The summed E-state index contributed by atoms with van der Waals surface area (Å²) in [7, 11) is 0. The molecule has 0 aliphatic carbocycles. The van der Waals surface area contributed by atoms with E-state index in [2.05, 4.69) is 67.8 Å². The maximum atomic E-state index is 12.5. The predicted molar refractivity (Wildman–Crippen MR) is 228 cm³/mol. The van der Waals surface area contributed by atoms with E-state index in [-0.39, 0.29) is 0 Å². The van der Waals surface area contributed by atoms with Gasteiger partial charge < -0.3 is 25.7 Å². The second-order valence-electron chi connectivity index (χ2n) is 15.4. The zero-order valence-corrected chi connectivity index (χ0v) is 34.8. The molecule has 1 amide bonds. The number of aliphatic hydroxyl groups is 4. The quantitative estimate of drug-likeness (QED) is 0.0317. The molecule has 0 saturated carbocycles. The summed E-state index contributed by atoms with van der Waals surface area (Å²) in [6, 6.07) is -1.01. The van der Waals surface area contributed by atoms with Gasteiger partial charge in [-0.05, 0) is 83.5 Å². The highest BCUT2D eigenvalue weighted by Crippen LogP contribution is 2.14. The maximum absolute atomic E-state index is 12.5. The van der Waals surface area contributed by atoms with Crippen LogP contribution in [0.4, 0.5) is 0 Å². The standard InChI is InChI=1S/C47H87NO5/c1-3-5-7-9-11-13-15-17-18-19-20-21-22-23-24-25-26-27-29-31-33-35-37-39-41-45(51)47(53)48-43(42-49)46(52)44(50)40-38-36-34-32-30-28-16-14-12-10-8-6-4-2/h14,16,20-21,23-24,32,34,43-46,49-52H,3-13,15,17-19,22,25-31,33,35-42H2,1-2H3,(H,48,53)/b16-14+,21-20-,24-23-,34-32+. The van der Waals surface area contributed by atoms with E-state index in [0.29, 0.717) is 19.3 Å². The van der Waals surface area contributed by atoms with Crippen molar-refractivity contribution in [3.05, 3.63) is 48.6 Å². The average Bonchev–Trinajstić information content (AvgIpc) is 3.16. The molecule has 4 atom stereocenters. The summed E-state index contributed by atoms with van der Waals surface area (Å²) in [6.07, 6.45) is 50.0. The highest BCUT2D eigenvalue weighted by Gasteiger charge is 2.28. The van der Waals surface area contributed by atoms with Crippen LogP contribution in [0.3, 0.4) is 0 Å². The van der Waals surface area contributed by atoms with Gasteiger partial charge in [0.15, 0.2) is 0 Å². The summed E-state index contributed by atoms with van der Waals surface area (Å²) in [5.41, 5.74) is 0. The van der Waals surface area contributed by atoms with Crippen LogP contribution in [0.1, 0.15) is 213 Å². The Kier molecular flexibility index (Phi) is 40.1. The highest BCUT2D eigenvalue weighted by molar-refractivity contribution is 5.80. The molecule has 0 aromatic rings. The number of unbranched alkanes of at least 4 members (excludes halogenated alkanes) is 23. The molecular formula is C47H87NO5. The number of hydrogen-bond acceptors (Lipinski definition) is 5. The molecule has 53 heavy (non-hydrogen) atoms. The van der Waals surface area contributed by atoms with Gasteiger partial charge in [0.2, 0.25) is 5.91 Å². The van der Waals surface area contributed by atoms with Gasteiger partial charge >= 0.3 is 0 Å². The Labute approximate surface area is 328 Å². The molecule has 310 valence electrons. The molecule has 0 saturated heterocycles. The number of amides is 1. The molecule has 0 rings (SSSR count). The first-order valence-electron chi connectivity index (χ1n) is 22.5. The lowest BCUT2D eigenvalue weighted by Gasteiger charge is -2.27. The number of nitrogens with one attached hydrogen (secondary N) is 1. The van der Waals surface area contributed by atoms with Crippen LogP contribution in [0.2, 0.25) is 0 Å². The summed E-state index contributed by atoms with van der Waals surface area (Å²) in [6.45, 7) is 4.00. The highest BCUT2D eigenvalue weighted by atomic mass is 16.3. The molecular weight excluding hydrogens is 659 g/mol. The summed E-state index contributed by atoms with van der Waals surface area (Å²) >= 11 is 0. The van der Waals surface area contributed by atoms with Crippen LogP contribution in [-0.2, 0) is 4.79 Å². The van der Waals surface area contributed by atoms with Gasteiger partial charge in [0.1, 0.15) is 12.2 Å². The van der Waals surface area contributed by atoms with Gasteiger partial charge in [-0.2, -0.15) is 0 Å². The number of carbonyl (C=O) groups excluding carboxylic acids is 1. The van der Waals surface area contributed by atoms with Gasteiger partial charge in [0, 0.05) is 0 Å². The normalized spacial score (nSPS) is 14.6. The van der Waals surface area contributed by atoms with E-state index in [1.807, 2.05) is 0 Å². The molecule has 0 aliphatic rings. The van der Waals surface area contributed by atoms with E-state index in [4.69, 9.17) is 0 Å². The molecule has 0 fully saturated rings. The Hall–Kier alpha value is -1.73. The van der Waals surface area contributed by atoms with Crippen LogP contribution in [0.25, 0.3) is 0 Å². The Morgan fingerprint density at radius 3 is 1.32 bits per heavy atom. The van der Waals surface area contributed by atoms with Crippen LogP contribution in [0.15, 0.2) is 48.6 Å².